The maximum Gasteiger partial charge on any atom is 0.328 e. The zero-order valence-corrected chi connectivity index (χ0v) is 8.57. The predicted octanol–water partition coefficient (Wildman–Crippen LogP) is 0.594. The number of nitrogens with zero attached hydrogens (tertiary/aromatic N) is 2. The normalized spacial score (nSPS) is 18.6. The van der Waals surface area contributed by atoms with E-state index in [2.05, 4.69) is 5.32 Å². The first-order chi connectivity index (χ1) is 6.83. The second-order valence-corrected chi connectivity index (χ2v) is 3.76. The monoisotopic (exact) mass is 195 g/mol. The van der Waals surface area contributed by atoms with Gasteiger partial charge in [-0.2, -0.15) is 0 Å². The van der Waals surface area contributed by atoms with E-state index in [1.165, 1.54) is 0 Å². The van der Waals surface area contributed by atoms with Crippen molar-refractivity contribution in [2.45, 2.75) is 32.4 Å². The Balaban J connectivity index is 2.22. The third-order valence-electron chi connectivity index (χ3n) is 2.92. The molecule has 1 fully saturated rings. The highest BCUT2D eigenvalue weighted by molar-refractivity contribution is 4.87. The van der Waals surface area contributed by atoms with E-state index in [0.29, 0.717) is 6.04 Å². The van der Waals surface area contributed by atoms with Crippen molar-refractivity contribution in [2.75, 3.05) is 13.1 Å². The van der Waals surface area contributed by atoms with Crippen LogP contribution in [0.1, 0.15) is 25.8 Å². The fraction of sp³-hybridized carbons (Fsp3) is 0.700. The summed E-state index contributed by atoms with van der Waals surface area (Å²) < 4.78 is 3.63. The van der Waals surface area contributed by atoms with E-state index in [9.17, 15) is 4.79 Å². The van der Waals surface area contributed by atoms with Crippen LogP contribution in [0.15, 0.2) is 17.2 Å². The first kappa shape index (κ1) is 9.52. The van der Waals surface area contributed by atoms with Crippen LogP contribution in [0.5, 0.6) is 0 Å². The molecule has 1 N–H and O–H groups in total. The summed E-state index contributed by atoms with van der Waals surface area (Å²) in [5.41, 5.74) is 0.138. The molecule has 0 atom stereocenters. The summed E-state index contributed by atoms with van der Waals surface area (Å²) in [6, 6.07) is 0.400. The van der Waals surface area contributed by atoms with Crippen LogP contribution < -0.4 is 11.0 Å². The molecule has 0 amide bonds. The van der Waals surface area contributed by atoms with E-state index in [-0.39, 0.29) is 5.69 Å². The number of imidazole rings is 1. The Morgan fingerprint density at radius 1 is 1.43 bits per heavy atom. The van der Waals surface area contributed by atoms with Gasteiger partial charge in [0.15, 0.2) is 0 Å². The van der Waals surface area contributed by atoms with Gasteiger partial charge in [0.2, 0.25) is 0 Å². The van der Waals surface area contributed by atoms with Gasteiger partial charge in [-0.3, -0.25) is 9.13 Å². The lowest BCUT2D eigenvalue weighted by molar-refractivity contribution is 0.358. The van der Waals surface area contributed by atoms with Crippen LogP contribution in [0.3, 0.4) is 0 Å². The number of aryl methyl sites for hydroxylation is 1. The summed E-state index contributed by atoms with van der Waals surface area (Å²) in [6.07, 6.45) is 5.92. The van der Waals surface area contributed by atoms with Gasteiger partial charge in [0, 0.05) is 25.0 Å². The molecule has 0 radical (unpaired) electrons. The first-order valence-electron chi connectivity index (χ1n) is 5.31. The zero-order valence-electron chi connectivity index (χ0n) is 8.57. The zero-order chi connectivity index (χ0) is 9.97. The number of rotatable bonds is 2. The molecule has 1 aliphatic rings. The van der Waals surface area contributed by atoms with Crippen LogP contribution in [0.2, 0.25) is 0 Å². The fourth-order valence-electron chi connectivity index (χ4n) is 2.03. The highest BCUT2D eigenvalue weighted by Gasteiger charge is 2.16. The summed E-state index contributed by atoms with van der Waals surface area (Å²) in [4.78, 5) is 11.8. The SMILES string of the molecule is CCn1ccn(C2CCNCC2)c1=O. The molecule has 1 aliphatic heterocycles. The molecule has 0 aliphatic carbocycles. The third-order valence-corrected chi connectivity index (χ3v) is 2.92. The van der Waals surface area contributed by atoms with Gasteiger partial charge in [0.05, 0.1) is 0 Å². The molecule has 0 saturated carbocycles. The van der Waals surface area contributed by atoms with Gasteiger partial charge in [-0.05, 0) is 32.9 Å². The topological polar surface area (TPSA) is 39.0 Å². The van der Waals surface area contributed by atoms with Crippen molar-refractivity contribution >= 4 is 0 Å². The van der Waals surface area contributed by atoms with E-state index in [1.807, 2.05) is 23.9 Å². The van der Waals surface area contributed by atoms with Crippen molar-refractivity contribution in [3.8, 4) is 0 Å². The standard InChI is InChI=1S/C10H17N3O/c1-2-12-7-8-13(10(12)14)9-3-5-11-6-4-9/h7-9,11H,2-6H2,1H3. The van der Waals surface area contributed by atoms with Gasteiger partial charge in [0.25, 0.3) is 0 Å². The number of hydrogen-bond donors (Lipinski definition) is 1. The smallest absolute Gasteiger partial charge is 0.317 e. The Hall–Kier alpha value is -1.03. The first-order valence-corrected chi connectivity index (χ1v) is 5.31. The molecule has 14 heavy (non-hydrogen) atoms. The average Bonchev–Trinajstić information content (AvgIpc) is 2.61. The number of hydrogen-bond acceptors (Lipinski definition) is 2. The van der Waals surface area contributed by atoms with E-state index in [0.717, 1.165) is 32.5 Å². The molecule has 1 saturated heterocycles. The molecule has 1 aromatic rings. The highest BCUT2D eigenvalue weighted by Crippen LogP contribution is 2.15. The number of aromatic nitrogens is 2. The van der Waals surface area contributed by atoms with E-state index in [4.69, 9.17) is 0 Å². The maximum absolute atomic E-state index is 11.8. The van der Waals surface area contributed by atoms with Crippen LogP contribution in [0, 0.1) is 0 Å². The lowest BCUT2D eigenvalue weighted by Gasteiger charge is -2.22. The van der Waals surface area contributed by atoms with Crippen LogP contribution in [0.25, 0.3) is 0 Å². The van der Waals surface area contributed by atoms with Crippen LogP contribution in [-0.2, 0) is 6.54 Å². The predicted molar refractivity (Wildman–Crippen MR) is 55.5 cm³/mol. The number of piperidine rings is 1. The minimum atomic E-state index is 0.138. The molecule has 0 spiro atoms. The second-order valence-electron chi connectivity index (χ2n) is 3.76. The van der Waals surface area contributed by atoms with Crippen molar-refractivity contribution in [3.05, 3.63) is 22.9 Å². The molecular weight excluding hydrogens is 178 g/mol. The minimum Gasteiger partial charge on any atom is -0.317 e. The van der Waals surface area contributed by atoms with Crippen molar-refractivity contribution < 1.29 is 0 Å². The van der Waals surface area contributed by atoms with Gasteiger partial charge in [-0.15, -0.1) is 0 Å². The van der Waals surface area contributed by atoms with Gasteiger partial charge in [-0.1, -0.05) is 0 Å². The van der Waals surface area contributed by atoms with Crippen LogP contribution in [-0.4, -0.2) is 22.2 Å². The molecule has 1 aromatic heterocycles. The Morgan fingerprint density at radius 2 is 2.14 bits per heavy atom. The molecular formula is C10H17N3O. The molecule has 4 nitrogen and oxygen atoms in total. The lowest BCUT2D eigenvalue weighted by atomic mass is 10.1. The fourth-order valence-corrected chi connectivity index (χ4v) is 2.03. The molecule has 4 heteroatoms. The Labute approximate surface area is 83.5 Å². The number of nitrogens with one attached hydrogen (secondary N) is 1. The third kappa shape index (κ3) is 1.62. The van der Waals surface area contributed by atoms with Crippen LogP contribution >= 0.6 is 0 Å². The van der Waals surface area contributed by atoms with Crippen molar-refractivity contribution in [1.82, 2.24) is 14.5 Å². The largest absolute Gasteiger partial charge is 0.328 e. The van der Waals surface area contributed by atoms with Gasteiger partial charge >= 0.3 is 5.69 Å². The molecule has 0 unspecified atom stereocenters. The molecule has 78 valence electrons. The second kappa shape index (κ2) is 4.00. The van der Waals surface area contributed by atoms with Crippen molar-refractivity contribution in [3.63, 3.8) is 0 Å². The summed E-state index contributed by atoms with van der Waals surface area (Å²) >= 11 is 0. The highest BCUT2D eigenvalue weighted by atomic mass is 16.1. The van der Waals surface area contributed by atoms with Gasteiger partial charge in [0.1, 0.15) is 0 Å². The molecule has 0 bridgehead atoms. The van der Waals surface area contributed by atoms with E-state index >= 15 is 0 Å². The van der Waals surface area contributed by atoms with Crippen LogP contribution in [0.4, 0.5) is 0 Å². The van der Waals surface area contributed by atoms with Crippen molar-refractivity contribution in [2.24, 2.45) is 0 Å². The van der Waals surface area contributed by atoms with E-state index < -0.39 is 0 Å². The summed E-state index contributed by atoms with van der Waals surface area (Å²) in [5, 5.41) is 3.30. The summed E-state index contributed by atoms with van der Waals surface area (Å²) in [5.74, 6) is 0. The Bertz CT molecular complexity index is 346. The Morgan fingerprint density at radius 3 is 2.71 bits per heavy atom. The Kier molecular flexibility index (Phi) is 2.72. The van der Waals surface area contributed by atoms with E-state index in [1.54, 1.807) is 4.57 Å². The summed E-state index contributed by atoms with van der Waals surface area (Å²) in [7, 11) is 0. The minimum absolute atomic E-state index is 0.138. The molecule has 2 rings (SSSR count). The molecule has 0 aromatic carbocycles. The average molecular weight is 195 g/mol. The molecule has 2 heterocycles. The van der Waals surface area contributed by atoms with Gasteiger partial charge in [-0.25, -0.2) is 4.79 Å². The lowest BCUT2D eigenvalue weighted by Crippen LogP contribution is -2.34. The summed E-state index contributed by atoms with van der Waals surface area (Å²) in [6.45, 7) is 4.80. The van der Waals surface area contributed by atoms with Gasteiger partial charge < -0.3 is 5.32 Å². The quantitative estimate of drug-likeness (QED) is 0.750. The maximum atomic E-state index is 11.8. The van der Waals surface area contributed by atoms with Crippen molar-refractivity contribution in [1.29, 1.82) is 0 Å².